The van der Waals surface area contributed by atoms with E-state index < -0.39 is 0 Å². The average molecular weight is 297 g/mol. The number of nitrogen functional groups attached to an aromatic ring is 1. The molecule has 0 aromatic heterocycles. The van der Waals surface area contributed by atoms with E-state index in [4.69, 9.17) is 17.3 Å². The molecule has 1 amide bonds. The molecule has 1 aliphatic carbocycles. The van der Waals surface area contributed by atoms with E-state index in [1.54, 1.807) is 18.2 Å². The summed E-state index contributed by atoms with van der Waals surface area (Å²) in [5, 5.41) is 12.7. The molecular weight excluding hydrogens is 276 g/mol. The molecule has 4 nitrogen and oxygen atoms in total. The Bertz CT molecular complexity index is 479. The van der Waals surface area contributed by atoms with Gasteiger partial charge in [-0.05, 0) is 42.9 Å². The van der Waals surface area contributed by atoms with Crippen molar-refractivity contribution in [3.8, 4) is 0 Å². The van der Waals surface area contributed by atoms with Crippen molar-refractivity contribution >= 4 is 23.2 Å². The molecule has 5 heteroatoms. The number of hydrogen-bond acceptors (Lipinski definition) is 3. The Balaban J connectivity index is 1.96. The Hall–Kier alpha value is -1.26. The van der Waals surface area contributed by atoms with Gasteiger partial charge in [0.25, 0.3) is 5.91 Å². The molecule has 0 heterocycles. The first kappa shape index (κ1) is 15.1. The molecule has 110 valence electrons. The van der Waals surface area contributed by atoms with E-state index in [2.05, 4.69) is 5.32 Å². The number of aliphatic hydroxyl groups is 1. The predicted molar refractivity (Wildman–Crippen MR) is 80.7 cm³/mol. The zero-order valence-corrected chi connectivity index (χ0v) is 12.2. The molecule has 2 rings (SSSR count). The van der Waals surface area contributed by atoms with Crippen LogP contribution >= 0.6 is 11.6 Å². The van der Waals surface area contributed by atoms with Crippen LogP contribution in [0.5, 0.6) is 0 Å². The van der Waals surface area contributed by atoms with Crippen LogP contribution in [0.4, 0.5) is 5.69 Å². The Kier molecular flexibility index (Phi) is 5.26. The molecule has 1 fully saturated rings. The van der Waals surface area contributed by atoms with Gasteiger partial charge in [0.05, 0.1) is 10.6 Å². The molecule has 0 spiro atoms. The first-order valence-electron chi connectivity index (χ1n) is 7.06. The summed E-state index contributed by atoms with van der Waals surface area (Å²) in [6.45, 7) is 0.773. The summed E-state index contributed by atoms with van der Waals surface area (Å²) in [6, 6.07) is 4.88. The van der Waals surface area contributed by atoms with Gasteiger partial charge in [-0.3, -0.25) is 4.79 Å². The number of carbonyl (C=O) groups is 1. The largest absolute Gasteiger partial charge is 0.399 e. The number of aliphatic hydroxyl groups excluding tert-OH is 1. The summed E-state index contributed by atoms with van der Waals surface area (Å²) in [4.78, 5) is 12.1. The number of halogens is 1. The van der Waals surface area contributed by atoms with Crippen molar-refractivity contribution in [2.45, 2.75) is 25.7 Å². The predicted octanol–water partition coefficient (Wildman–Crippen LogP) is 2.45. The fraction of sp³-hybridized carbons (Fsp3) is 0.533. The third kappa shape index (κ3) is 3.64. The van der Waals surface area contributed by atoms with Crippen LogP contribution in [-0.2, 0) is 0 Å². The lowest BCUT2D eigenvalue weighted by atomic mass is 9.79. The monoisotopic (exact) mass is 296 g/mol. The van der Waals surface area contributed by atoms with E-state index in [1.165, 1.54) is 0 Å². The van der Waals surface area contributed by atoms with E-state index >= 15 is 0 Å². The highest BCUT2D eigenvalue weighted by atomic mass is 35.5. The van der Waals surface area contributed by atoms with E-state index in [1.807, 2.05) is 0 Å². The molecule has 20 heavy (non-hydrogen) atoms. The summed E-state index contributed by atoms with van der Waals surface area (Å²) < 4.78 is 0. The van der Waals surface area contributed by atoms with Gasteiger partial charge in [-0.2, -0.15) is 0 Å². The van der Waals surface area contributed by atoms with E-state index in [9.17, 15) is 9.90 Å². The fourth-order valence-electron chi connectivity index (χ4n) is 2.83. The molecule has 0 radical (unpaired) electrons. The lowest BCUT2D eigenvalue weighted by molar-refractivity contribution is 0.0909. The minimum Gasteiger partial charge on any atom is -0.399 e. The molecule has 0 aliphatic heterocycles. The molecule has 1 aliphatic rings. The number of anilines is 1. The number of benzene rings is 1. The maximum atomic E-state index is 12.1. The Morgan fingerprint density at radius 2 is 2.05 bits per heavy atom. The van der Waals surface area contributed by atoms with Gasteiger partial charge in [0.15, 0.2) is 0 Å². The minimum atomic E-state index is -0.204. The Morgan fingerprint density at radius 1 is 1.35 bits per heavy atom. The topological polar surface area (TPSA) is 75.4 Å². The van der Waals surface area contributed by atoms with Crippen LogP contribution in [0.1, 0.15) is 36.0 Å². The maximum absolute atomic E-state index is 12.1. The Morgan fingerprint density at radius 3 is 2.75 bits per heavy atom. The molecule has 2 unspecified atom stereocenters. The fourth-order valence-corrected chi connectivity index (χ4v) is 3.03. The number of rotatable bonds is 4. The van der Waals surface area contributed by atoms with Crippen LogP contribution in [0, 0.1) is 11.8 Å². The first-order valence-corrected chi connectivity index (χ1v) is 7.43. The average Bonchev–Trinajstić information content (AvgIpc) is 2.47. The number of carbonyl (C=O) groups excluding carboxylic acids is 1. The van der Waals surface area contributed by atoms with Crippen LogP contribution in [0.15, 0.2) is 18.2 Å². The van der Waals surface area contributed by atoms with Gasteiger partial charge in [-0.15, -0.1) is 0 Å². The van der Waals surface area contributed by atoms with Crippen LogP contribution in [0.3, 0.4) is 0 Å². The standard InChI is InChI=1S/C15H21ClN2O2/c16-14-6-5-12(17)7-13(14)15(20)18-8-10-3-1-2-4-11(10)9-19/h5-7,10-11,19H,1-4,8-9,17H2,(H,18,20). The van der Waals surface area contributed by atoms with Gasteiger partial charge in [0, 0.05) is 18.8 Å². The van der Waals surface area contributed by atoms with E-state index in [0.717, 1.165) is 25.7 Å². The molecule has 1 aromatic carbocycles. The van der Waals surface area contributed by atoms with Crippen molar-refractivity contribution in [2.75, 3.05) is 18.9 Å². The zero-order valence-electron chi connectivity index (χ0n) is 11.4. The maximum Gasteiger partial charge on any atom is 0.252 e. The van der Waals surface area contributed by atoms with Crippen LogP contribution in [0.2, 0.25) is 5.02 Å². The quantitative estimate of drug-likeness (QED) is 0.747. The second kappa shape index (κ2) is 6.95. The van der Waals surface area contributed by atoms with Gasteiger partial charge >= 0.3 is 0 Å². The highest BCUT2D eigenvalue weighted by Gasteiger charge is 2.25. The molecule has 2 atom stereocenters. The Labute approximate surface area is 124 Å². The molecule has 1 aromatic rings. The SMILES string of the molecule is Nc1ccc(Cl)c(C(=O)NCC2CCCCC2CO)c1. The lowest BCUT2D eigenvalue weighted by Gasteiger charge is -2.30. The second-order valence-electron chi connectivity index (χ2n) is 5.44. The smallest absolute Gasteiger partial charge is 0.252 e. The van der Waals surface area contributed by atoms with Crippen LogP contribution < -0.4 is 11.1 Å². The molecule has 0 saturated heterocycles. The number of nitrogens with two attached hydrogens (primary N) is 1. The first-order chi connectivity index (χ1) is 9.61. The van der Waals surface area contributed by atoms with E-state index in [0.29, 0.717) is 34.7 Å². The van der Waals surface area contributed by atoms with Gasteiger partial charge < -0.3 is 16.2 Å². The number of hydrogen-bond donors (Lipinski definition) is 3. The highest BCUT2D eigenvalue weighted by Crippen LogP contribution is 2.29. The normalized spacial score (nSPS) is 22.5. The third-order valence-electron chi connectivity index (χ3n) is 4.06. The van der Waals surface area contributed by atoms with Crippen molar-refractivity contribution in [1.82, 2.24) is 5.32 Å². The van der Waals surface area contributed by atoms with Crippen molar-refractivity contribution in [3.05, 3.63) is 28.8 Å². The minimum absolute atomic E-state index is 0.194. The molecule has 1 saturated carbocycles. The summed E-state index contributed by atoms with van der Waals surface area (Å²) in [7, 11) is 0. The summed E-state index contributed by atoms with van der Waals surface area (Å²) in [5.41, 5.74) is 6.60. The second-order valence-corrected chi connectivity index (χ2v) is 5.84. The summed E-state index contributed by atoms with van der Waals surface area (Å²) >= 11 is 6.01. The van der Waals surface area contributed by atoms with Crippen LogP contribution in [0.25, 0.3) is 0 Å². The number of nitrogens with one attached hydrogen (secondary N) is 1. The van der Waals surface area contributed by atoms with E-state index in [-0.39, 0.29) is 12.5 Å². The molecule has 4 N–H and O–H groups in total. The molecular formula is C15H21ClN2O2. The summed E-state index contributed by atoms with van der Waals surface area (Å²) in [6.07, 6.45) is 4.42. The zero-order chi connectivity index (χ0) is 14.5. The third-order valence-corrected chi connectivity index (χ3v) is 4.39. The lowest BCUT2D eigenvalue weighted by Crippen LogP contribution is -2.35. The summed E-state index contributed by atoms with van der Waals surface area (Å²) in [5.74, 6) is 0.433. The van der Waals surface area contributed by atoms with Gasteiger partial charge in [-0.25, -0.2) is 0 Å². The van der Waals surface area contributed by atoms with Crippen molar-refractivity contribution < 1.29 is 9.90 Å². The van der Waals surface area contributed by atoms with Crippen molar-refractivity contribution in [3.63, 3.8) is 0 Å². The van der Waals surface area contributed by atoms with Gasteiger partial charge in [0.1, 0.15) is 0 Å². The molecule has 0 bridgehead atoms. The van der Waals surface area contributed by atoms with Crippen molar-refractivity contribution in [2.24, 2.45) is 11.8 Å². The van der Waals surface area contributed by atoms with Gasteiger partial charge in [-0.1, -0.05) is 24.4 Å². The van der Waals surface area contributed by atoms with Crippen LogP contribution in [-0.4, -0.2) is 24.2 Å². The van der Waals surface area contributed by atoms with Crippen molar-refractivity contribution in [1.29, 1.82) is 0 Å². The van der Waals surface area contributed by atoms with Gasteiger partial charge in [0.2, 0.25) is 0 Å². The number of amides is 1. The highest BCUT2D eigenvalue weighted by molar-refractivity contribution is 6.34.